The van der Waals surface area contributed by atoms with Gasteiger partial charge < -0.3 is 0 Å². The van der Waals surface area contributed by atoms with Gasteiger partial charge in [0.25, 0.3) is 0 Å². The maximum Gasteiger partial charge on any atom is 0.0413 e. The molecule has 0 heteroatoms. The zero-order chi connectivity index (χ0) is 45.3. The first-order valence-electron chi connectivity index (χ1n) is 22.9. The maximum absolute atomic E-state index is 4.90. The van der Waals surface area contributed by atoms with E-state index in [1.807, 2.05) is 66.7 Å². The van der Waals surface area contributed by atoms with Crippen LogP contribution in [0.5, 0.6) is 0 Å². The van der Waals surface area contributed by atoms with Crippen LogP contribution in [0.4, 0.5) is 0 Å². The third-order valence-electron chi connectivity index (χ3n) is 13.2. The third-order valence-corrected chi connectivity index (χ3v) is 13.2. The first kappa shape index (κ1) is 40.9. The lowest BCUT2D eigenvalue weighted by molar-refractivity contribution is 0.941. The average molecular weight is 849 g/mol. The molecule has 9 aromatic rings. The number of benzene rings is 9. The predicted octanol–water partition coefficient (Wildman–Crippen LogP) is 16.5. The van der Waals surface area contributed by atoms with Gasteiger partial charge >= 0.3 is 0 Å². The average Bonchev–Trinajstić information content (AvgIpc) is 3.72. The summed E-state index contributed by atoms with van der Waals surface area (Å²) < 4.78 is 0. The molecule has 0 amide bonds. The van der Waals surface area contributed by atoms with Crippen LogP contribution in [0.3, 0.4) is 0 Å². The lowest BCUT2D eigenvalue weighted by Crippen LogP contribution is -2.00. The zero-order valence-corrected chi connectivity index (χ0v) is 37.3. The minimum absolute atomic E-state index is 0.00509. The molecule has 2 aliphatic carbocycles. The summed E-state index contributed by atoms with van der Waals surface area (Å²) in [6, 6.07) is 58.0. The van der Waals surface area contributed by atoms with Crippen molar-refractivity contribution in [1.82, 2.24) is 0 Å². The van der Waals surface area contributed by atoms with Gasteiger partial charge in [0, 0.05) is 50.4 Å². The second kappa shape index (κ2) is 17.6. The molecule has 1 atom stereocenters. The number of fused-ring (bicyclic) bond motifs is 7. The number of rotatable bonds is 4. The second-order valence-electron chi connectivity index (χ2n) is 17.1. The summed E-state index contributed by atoms with van der Waals surface area (Å²) in [5, 5.41) is 9.41. The molecule has 11 rings (SSSR count). The first-order chi connectivity index (χ1) is 33.1. The lowest BCUT2D eigenvalue weighted by Gasteiger charge is -2.21. The van der Waals surface area contributed by atoms with Gasteiger partial charge in [0.2, 0.25) is 0 Å². The molecule has 0 bridgehead atoms. The number of allylic oxidation sites excluding steroid dienone is 10. The molecular formula is C67H44. The summed E-state index contributed by atoms with van der Waals surface area (Å²) in [5.41, 5.74) is 15.2. The van der Waals surface area contributed by atoms with Gasteiger partial charge in [-0.15, -0.1) is 0 Å². The molecule has 0 radical (unpaired) electrons. The highest BCUT2D eigenvalue weighted by molar-refractivity contribution is 6.30. The van der Waals surface area contributed by atoms with Gasteiger partial charge in [0.05, 0.1) is 0 Å². The molecule has 9 aromatic carbocycles. The second-order valence-corrected chi connectivity index (χ2v) is 17.1. The van der Waals surface area contributed by atoms with Crippen LogP contribution in [0.2, 0.25) is 0 Å². The summed E-state index contributed by atoms with van der Waals surface area (Å²) >= 11 is 0. The Morgan fingerprint density at radius 2 is 0.985 bits per heavy atom. The van der Waals surface area contributed by atoms with Crippen LogP contribution in [0.15, 0.2) is 231 Å². The fourth-order valence-corrected chi connectivity index (χ4v) is 9.95. The molecule has 0 aliphatic heterocycles. The molecule has 0 aromatic heterocycles. The van der Waals surface area contributed by atoms with E-state index >= 15 is 0 Å². The predicted molar refractivity (Wildman–Crippen MR) is 286 cm³/mol. The van der Waals surface area contributed by atoms with Crippen molar-refractivity contribution in [3.63, 3.8) is 0 Å². The van der Waals surface area contributed by atoms with E-state index in [1.54, 1.807) is 6.08 Å². The van der Waals surface area contributed by atoms with Crippen LogP contribution in [-0.4, -0.2) is 0 Å². The minimum atomic E-state index is 0.00509. The van der Waals surface area contributed by atoms with Crippen molar-refractivity contribution >= 4 is 48.7 Å². The molecule has 0 nitrogen and oxygen atoms in total. The fraction of sp³-hybridized carbons (Fsp3) is 0.0448. The molecule has 67 heavy (non-hydrogen) atoms. The summed E-state index contributed by atoms with van der Waals surface area (Å²) in [6.07, 6.45) is 15.2. The molecule has 312 valence electrons. The monoisotopic (exact) mass is 848 g/mol. The molecular weight excluding hydrogens is 805 g/mol. The van der Waals surface area contributed by atoms with Crippen LogP contribution in [0.25, 0.3) is 70.9 Å². The van der Waals surface area contributed by atoms with E-state index in [9.17, 15) is 0 Å². The Bertz CT molecular complexity index is 3850. The third kappa shape index (κ3) is 7.41. The molecule has 0 saturated heterocycles. The Labute approximate surface area is 393 Å². The van der Waals surface area contributed by atoms with Gasteiger partial charge in [-0.05, 0) is 138 Å². The summed E-state index contributed by atoms with van der Waals surface area (Å²) in [7, 11) is 0. The summed E-state index contributed by atoms with van der Waals surface area (Å²) in [5.74, 6) is 21.7. The zero-order valence-electron chi connectivity index (χ0n) is 37.3. The summed E-state index contributed by atoms with van der Waals surface area (Å²) in [4.78, 5) is 0. The lowest BCUT2D eigenvalue weighted by atomic mass is 9.82. The number of hydrogen-bond donors (Lipinski definition) is 0. The van der Waals surface area contributed by atoms with Gasteiger partial charge in [-0.2, -0.15) is 0 Å². The molecule has 0 saturated carbocycles. The first-order valence-corrected chi connectivity index (χ1v) is 22.9. The van der Waals surface area contributed by atoms with Crippen LogP contribution >= 0.6 is 0 Å². The van der Waals surface area contributed by atoms with Gasteiger partial charge in [-0.1, -0.05) is 207 Å². The topological polar surface area (TPSA) is 0 Å². The largest absolute Gasteiger partial charge is 0.0991 e. The fourth-order valence-electron chi connectivity index (χ4n) is 9.95. The van der Waals surface area contributed by atoms with Gasteiger partial charge in [0.1, 0.15) is 0 Å². The molecule has 1 unspecified atom stereocenters. The van der Waals surface area contributed by atoms with E-state index in [1.165, 1.54) is 49.0 Å². The van der Waals surface area contributed by atoms with Gasteiger partial charge in [-0.25, -0.2) is 0 Å². The highest BCUT2D eigenvalue weighted by Crippen LogP contribution is 2.55. The van der Waals surface area contributed by atoms with E-state index in [4.69, 9.17) is 6.58 Å². The SMILES string of the molecule is C=C/C=C\C=C/C/C1=C/C=C(/C#Cc2ccccc2)C(C)c2cccc3c2c(cc2c4cccc5c4c(cc32)-c2c-5c(C#Cc3ccccc3)c3ccccc3c2C#Cc2ccccc2)C1=C. The van der Waals surface area contributed by atoms with E-state index < -0.39 is 0 Å². The molecule has 0 fully saturated rings. The Balaban J connectivity index is 1.22. The van der Waals surface area contributed by atoms with Crippen molar-refractivity contribution < 1.29 is 0 Å². The smallest absolute Gasteiger partial charge is 0.0413 e. The van der Waals surface area contributed by atoms with E-state index in [-0.39, 0.29) is 5.92 Å². The molecule has 0 N–H and O–H groups in total. The van der Waals surface area contributed by atoms with Crippen molar-refractivity contribution in [3.05, 3.63) is 270 Å². The van der Waals surface area contributed by atoms with E-state index in [2.05, 4.69) is 183 Å². The van der Waals surface area contributed by atoms with Crippen molar-refractivity contribution in [2.24, 2.45) is 0 Å². The highest BCUT2D eigenvalue weighted by Gasteiger charge is 2.31. The Hall–Kier alpha value is -8.86. The highest BCUT2D eigenvalue weighted by atomic mass is 14.3. The normalized spacial score (nSPS) is 15.3. The van der Waals surface area contributed by atoms with Crippen LogP contribution in [0, 0.1) is 35.5 Å². The van der Waals surface area contributed by atoms with Crippen molar-refractivity contribution in [3.8, 4) is 57.8 Å². The van der Waals surface area contributed by atoms with Crippen LogP contribution < -0.4 is 0 Å². The quantitative estimate of drug-likeness (QED) is 0.0940. The molecule has 0 heterocycles. The number of hydrogen-bond acceptors (Lipinski definition) is 0. The van der Waals surface area contributed by atoms with Gasteiger partial charge in [-0.3, -0.25) is 0 Å². The Morgan fingerprint density at radius 3 is 1.60 bits per heavy atom. The summed E-state index contributed by atoms with van der Waals surface area (Å²) in [6.45, 7) is 11.0. The van der Waals surface area contributed by atoms with Gasteiger partial charge in [0.15, 0.2) is 0 Å². The van der Waals surface area contributed by atoms with Crippen molar-refractivity contribution in [2.75, 3.05) is 0 Å². The molecule has 0 spiro atoms. The van der Waals surface area contributed by atoms with E-state index in [0.29, 0.717) is 6.42 Å². The van der Waals surface area contributed by atoms with Crippen LogP contribution in [0.1, 0.15) is 58.2 Å². The van der Waals surface area contributed by atoms with Crippen LogP contribution in [-0.2, 0) is 0 Å². The standard InChI is InChI=1S/C67H44/c1-4-5-6-7-17-28-50-39-40-51(38-35-47-22-11-8-12-23-47)45(2)52-31-20-32-55-62-44-63-65-56(61(62)43-60(46(50)3)64(52)55)33-21-34-59(65)66-57(41-36-48-24-13-9-14-25-48)53-29-18-19-30-54(53)58(67(63)66)42-37-49-26-15-10-16-27-49/h4-27,29-34,39-40,43-45H,1,3,28H2,2H3/b6-5-,17-7-,50-39-,51-40-. The van der Waals surface area contributed by atoms with Crippen molar-refractivity contribution in [2.45, 2.75) is 19.3 Å². The Morgan fingerprint density at radius 1 is 0.463 bits per heavy atom. The maximum atomic E-state index is 4.90. The molecule has 2 aliphatic rings. The van der Waals surface area contributed by atoms with Crippen molar-refractivity contribution in [1.29, 1.82) is 0 Å². The van der Waals surface area contributed by atoms with E-state index in [0.717, 1.165) is 72.0 Å². The Kier molecular flexibility index (Phi) is 10.7. The minimum Gasteiger partial charge on any atom is -0.0991 e.